The van der Waals surface area contributed by atoms with Crippen molar-refractivity contribution in [2.75, 3.05) is 6.54 Å². The molecule has 1 aromatic carbocycles. The lowest BCUT2D eigenvalue weighted by Gasteiger charge is -2.10. The van der Waals surface area contributed by atoms with Crippen LogP contribution >= 0.6 is 11.3 Å². The average Bonchev–Trinajstić information content (AvgIpc) is 2.81. The van der Waals surface area contributed by atoms with Crippen molar-refractivity contribution < 1.29 is 0 Å². The van der Waals surface area contributed by atoms with Crippen LogP contribution in [-0.2, 0) is 6.42 Å². The van der Waals surface area contributed by atoms with Gasteiger partial charge in [-0.1, -0.05) is 37.3 Å². The molecule has 0 aliphatic rings. The Morgan fingerprint density at radius 2 is 2.00 bits per heavy atom. The maximum absolute atomic E-state index is 5.53. The summed E-state index contributed by atoms with van der Waals surface area (Å²) in [4.78, 5) is 0. The molecule has 3 nitrogen and oxygen atoms in total. The first-order valence-corrected chi connectivity index (χ1v) is 6.74. The lowest BCUT2D eigenvalue weighted by Crippen LogP contribution is -2.01. The first-order chi connectivity index (χ1) is 8.35. The summed E-state index contributed by atoms with van der Waals surface area (Å²) in [6, 6.07) is 10.5. The minimum atomic E-state index is 0.361. The highest BCUT2D eigenvalue weighted by Gasteiger charge is 2.16. The summed E-state index contributed by atoms with van der Waals surface area (Å²) in [5, 5.41) is 10.6. The third-order valence-electron chi connectivity index (χ3n) is 2.75. The molecule has 1 unspecified atom stereocenters. The number of aromatic nitrogens is 2. The zero-order chi connectivity index (χ0) is 12.1. The fourth-order valence-corrected chi connectivity index (χ4v) is 2.94. The van der Waals surface area contributed by atoms with Crippen molar-refractivity contribution in [2.24, 2.45) is 5.73 Å². The van der Waals surface area contributed by atoms with Crippen molar-refractivity contribution >= 4 is 11.3 Å². The van der Waals surface area contributed by atoms with E-state index in [1.807, 2.05) is 6.07 Å². The van der Waals surface area contributed by atoms with E-state index in [2.05, 4.69) is 41.4 Å². The first kappa shape index (κ1) is 12.2. The number of hydrogen-bond acceptors (Lipinski definition) is 4. The van der Waals surface area contributed by atoms with Gasteiger partial charge in [-0.15, -0.1) is 21.5 Å². The number of hydrogen-bond donors (Lipinski definition) is 1. The van der Waals surface area contributed by atoms with Crippen LogP contribution in [0.2, 0.25) is 0 Å². The van der Waals surface area contributed by atoms with Crippen molar-refractivity contribution in [3.63, 3.8) is 0 Å². The third-order valence-corrected chi connectivity index (χ3v) is 3.85. The molecule has 2 rings (SSSR count). The molecule has 0 spiro atoms. The molecule has 1 aromatic heterocycles. The summed E-state index contributed by atoms with van der Waals surface area (Å²) in [5.74, 6) is 0.361. The van der Waals surface area contributed by atoms with Crippen LogP contribution in [0, 0.1) is 0 Å². The molecule has 0 fully saturated rings. The van der Waals surface area contributed by atoms with Crippen molar-refractivity contribution in [2.45, 2.75) is 25.7 Å². The van der Waals surface area contributed by atoms with E-state index in [-0.39, 0.29) is 0 Å². The predicted molar refractivity (Wildman–Crippen MR) is 71.2 cm³/mol. The van der Waals surface area contributed by atoms with Gasteiger partial charge < -0.3 is 5.73 Å². The van der Waals surface area contributed by atoms with Gasteiger partial charge in [0.2, 0.25) is 0 Å². The lowest BCUT2D eigenvalue weighted by atomic mass is 9.97. The fraction of sp³-hybridized carbons (Fsp3) is 0.385. The maximum atomic E-state index is 5.53. The summed E-state index contributed by atoms with van der Waals surface area (Å²) in [5.41, 5.74) is 6.84. The smallest absolute Gasteiger partial charge is 0.124 e. The van der Waals surface area contributed by atoms with Gasteiger partial charge in [-0.05, 0) is 18.5 Å². The van der Waals surface area contributed by atoms with E-state index in [1.165, 1.54) is 5.56 Å². The van der Waals surface area contributed by atoms with Gasteiger partial charge in [-0.2, -0.15) is 0 Å². The van der Waals surface area contributed by atoms with Crippen LogP contribution < -0.4 is 5.73 Å². The second kappa shape index (κ2) is 5.89. The molecule has 0 saturated carbocycles. The normalized spacial score (nSPS) is 12.6. The number of nitrogens with two attached hydrogens (primary N) is 1. The largest absolute Gasteiger partial charge is 0.330 e. The molecule has 2 N–H and O–H groups in total. The van der Waals surface area contributed by atoms with E-state index >= 15 is 0 Å². The monoisotopic (exact) mass is 247 g/mol. The van der Waals surface area contributed by atoms with Crippen LogP contribution in [0.15, 0.2) is 30.3 Å². The molecule has 2 aromatic rings. The van der Waals surface area contributed by atoms with E-state index in [0.29, 0.717) is 12.5 Å². The van der Waals surface area contributed by atoms with Crippen LogP contribution in [0.25, 0.3) is 0 Å². The molecule has 0 aliphatic carbocycles. The van der Waals surface area contributed by atoms with Crippen molar-refractivity contribution in [3.8, 4) is 0 Å². The van der Waals surface area contributed by atoms with Gasteiger partial charge in [0.25, 0.3) is 0 Å². The Morgan fingerprint density at radius 3 is 2.65 bits per heavy atom. The standard InChI is InChI=1S/C13H17N3S/c1-2-11(10-6-4-3-5-7-10)13-16-15-12(17-13)8-9-14/h3-7,11H,2,8-9,14H2,1H3. The van der Waals surface area contributed by atoms with Gasteiger partial charge in [-0.25, -0.2) is 0 Å². The van der Waals surface area contributed by atoms with E-state index < -0.39 is 0 Å². The summed E-state index contributed by atoms with van der Waals surface area (Å²) < 4.78 is 0. The fourth-order valence-electron chi connectivity index (χ4n) is 1.87. The molecule has 1 atom stereocenters. The molecule has 4 heteroatoms. The molecular formula is C13H17N3S. The van der Waals surface area contributed by atoms with Gasteiger partial charge >= 0.3 is 0 Å². The quantitative estimate of drug-likeness (QED) is 0.883. The Labute approximate surface area is 106 Å². The van der Waals surface area contributed by atoms with Crippen molar-refractivity contribution in [3.05, 3.63) is 45.9 Å². The van der Waals surface area contributed by atoms with Gasteiger partial charge in [-0.3, -0.25) is 0 Å². The maximum Gasteiger partial charge on any atom is 0.124 e. The average molecular weight is 247 g/mol. The molecule has 1 heterocycles. The molecule has 17 heavy (non-hydrogen) atoms. The van der Waals surface area contributed by atoms with E-state index in [1.54, 1.807) is 11.3 Å². The van der Waals surface area contributed by atoms with Gasteiger partial charge in [0, 0.05) is 12.3 Å². The molecule has 0 radical (unpaired) electrons. The van der Waals surface area contributed by atoms with E-state index in [4.69, 9.17) is 5.73 Å². The molecule has 0 aliphatic heterocycles. The second-order valence-electron chi connectivity index (χ2n) is 3.94. The molecule has 0 bridgehead atoms. The zero-order valence-electron chi connectivity index (χ0n) is 9.97. The van der Waals surface area contributed by atoms with Gasteiger partial charge in [0.05, 0.1) is 0 Å². The zero-order valence-corrected chi connectivity index (χ0v) is 10.8. The highest BCUT2D eigenvalue weighted by molar-refractivity contribution is 7.11. The Hall–Kier alpha value is -1.26. The first-order valence-electron chi connectivity index (χ1n) is 5.92. The van der Waals surface area contributed by atoms with Crippen LogP contribution in [0.5, 0.6) is 0 Å². The van der Waals surface area contributed by atoms with Crippen LogP contribution in [0.4, 0.5) is 0 Å². The van der Waals surface area contributed by atoms with Crippen molar-refractivity contribution in [1.29, 1.82) is 0 Å². The summed E-state index contributed by atoms with van der Waals surface area (Å²) in [7, 11) is 0. The third kappa shape index (κ3) is 2.90. The summed E-state index contributed by atoms with van der Waals surface area (Å²) in [6.07, 6.45) is 1.87. The van der Waals surface area contributed by atoms with Gasteiger partial charge in [0.1, 0.15) is 10.0 Å². The van der Waals surface area contributed by atoms with E-state index in [9.17, 15) is 0 Å². The Bertz CT molecular complexity index is 453. The number of benzene rings is 1. The molecule has 90 valence electrons. The van der Waals surface area contributed by atoms with E-state index in [0.717, 1.165) is 22.9 Å². The SMILES string of the molecule is CCC(c1ccccc1)c1nnc(CCN)s1. The minimum Gasteiger partial charge on any atom is -0.330 e. The van der Waals surface area contributed by atoms with Crippen molar-refractivity contribution in [1.82, 2.24) is 10.2 Å². The Morgan fingerprint density at radius 1 is 1.24 bits per heavy atom. The Balaban J connectivity index is 2.23. The van der Waals surface area contributed by atoms with Gasteiger partial charge in [0.15, 0.2) is 0 Å². The molecular weight excluding hydrogens is 230 g/mol. The van der Waals surface area contributed by atoms with Crippen LogP contribution in [0.3, 0.4) is 0 Å². The number of rotatable bonds is 5. The molecule has 0 amide bonds. The van der Waals surface area contributed by atoms with Crippen LogP contribution in [0.1, 0.15) is 34.8 Å². The predicted octanol–water partition coefficient (Wildman–Crippen LogP) is 2.58. The number of nitrogens with zero attached hydrogens (tertiary/aromatic N) is 2. The summed E-state index contributed by atoms with van der Waals surface area (Å²) in [6.45, 7) is 2.82. The Kier molecular flexibility index (Phi) is 4.23. The summed E-state index contributed by atoms with van der Waals surface area (Å²) >= 11 is 1.68. The highest BCUT2D eigenvalue weighted by Crippen LogP contribution is 2.29. The van der Waals surface area contributed by atoms with Crippen LogP contribution in [-0.4, -0.2) is 16.7 Å². The minimum absolute atomic E-state index is 0.361. The lowest BCUT2D eigenvalue weighted by molar-refractivity contribution is 0.751. The second-order valence-corrected chi connectivity index (χ2v) is 5.04. The molecule has 0 saturated heterocycles. The highest BCUT2D eigenvalue weighted by atomic mass is 32.1. The topological polar surface area (TPSA) is 51.8 Å².